The number of hydrogen-bond donors (Lipinski definition) is 0. The van der Waals surface area contributed by atoms with Gasteiger partial charge in [0.1, 0.15) is 12.2 Å². The highest BCUT2D eigenvalue weighted by molar-refractivity contribution is 4.63. The van der Waals surface area contributed by atoms with E-state index in [1.165, 1.54) is 0 Å². The monoisotopic (exact) mass is 278 g/mol. The van der Waals surface area contributed by atoms with Crippen molar-refractivity contribution < 1.29 is 23.7 Å². The van der Waals surface area contributed by atoms with E-state index in [0.717, 1.165) is 0 Å². The Morgan fingerprint density at radius 2 is 0.789 bits per heavy atom. The first kappa shape index (κ1) is 18.8. The van der Waals surface area contributed by atoms with E-state index in [-0.39, 0.29) is 12.2 Å². The van der Waals surface area contributed by atoms with E-state index in [1.807, 2.05) is 27.7 Å². The molecule has 0 fully saturated rings. The van der Waals surface area contributed by atoms with Gasteiger partial charge in [-0.3, -0.25) is 0 Å². The summed E-state index contributed by atoms with van der Waals surface area (Å²) in [6.07, 6.45) is -0.156. The van der Waals surface area contributed by atoms with Crippen molar-refractivity contribution in [2.45, 2.75) is 39.9 Å². The van der Waals surface area contributed by atoms with Gasteiger partial charge in [0, 0.05) is 26.4 Å². The quantitative estimate of drug-likeness (QED) is 0.485. The molecule has 0 unspecified atom stereocenters. The first-order valence-corrected chi connectivity index (χ1v) is 7.24. The lowest BCUT2D eigenvalue weighted by atomic mass is 10.3. The van der Waals surface area contributed by atoms with Crippen LogP contribution in [0.2, 0.25) is 0 Å². The minimum atomic E-state index is -0.0780. The lowest BCUT2D eigenvalue weighted by molar-refractivity contribution is -0.127. The molecule has 0 aromatic heterocycles. The second-order valence-electron chi connectivity index (χ2n) is 4.02. The maximum Gasteiger partial charge on any atom is 0.105 e. The van der Waals surface area contributed by atoms with Crippen LogP contribution in [0, 0.1) is 0 Å². The molecule has 0 aliphatic carbocycles. The summed E-state index contributed by atoms with van der Waals surface area (Å²) in [5.74, 6) is 0. The Labute approximate surface area is 117 Å². The van der Waals surface area contributed by atoms with Gasteiger partial charge < -0.3 is 23.7 Å². The Bertz CT molecular complexity index is 143. The molecule has 0 aliphatic heterocycles. The van der Waals surface area contributed by atoms with Crippen molar-refractivity contribution in [2.75, 3.05) is 52.9 Å². The van der Waals surface area contributed by atoms with Crippen LogP contribution in [0.5, 0.6) is 0 Å². The third-order valence-electron chi connectivity index (χ3n) is 2.42. The molecule has 0 spiro atoms. The third-order valence-corrected chi connectivity index (χ3v) is 2.42. The molecular weight excluding hydrogens is 248 g/mol. The minimum Gasteiger partial charge on any atom is -0.379 e. The van der Waals surface area contributed by atoms with Gasteiger partial charge in [-0.1, -0.05) is 0 Å². The zero-order valence-corrected chi connectivity index (χ0v) is 12.9. The van der Waals surface area contributed by atoms with E-state index in [0.29, 0.717) is 52.9 Å². The van der Waals surface area contributed by atoms with Gasteiger partial charge >= 0.3 is 0 Å². The van der Waals surface area contributed by atoms with Crippen LogP contribution in [0.3, 0.4) is 0 Å². The molecule has 0 radical (unpaired) electrons. The van der Waals surface area contributed by atoms with Crippen LogP contribution < -0.4 is 0 Å². The van der Waals surface area contributed by atoms with Crippen molar-refractivity contribution in [1.29, 1.82) is 0 Å². The average molecular weight is 278 g/mol. The molecule has 0 heterocycles. The molecule has 0 aliphatic rings. The molecule has 5 nitrogen and oxygen atoms in total. The first-order chi connectivity index (χ1) is 9.28. The molecule has 116 valence electrons. The smallest absolute Gasteiger partial charge is 0.105 e. The molecule has 19 heavy (non-hydrogen) atoms. The molecule has 0 saturated carbocycles. The Kier molecular flexibility index (Phi) is 14.1. The molecule has 0 amide bonds. The van der Waals surface area contributed by atoms with Crippen molar-refractivity contribution in [3.8, 4) is 0 Å². The zero-order valence-electron chi connectivity index (χ0n) is 12.9. The van der Waals surface area contributed by atoms with E-state index in [9.17, 15) is 0 Å². The SMILES string of the molecule is CCOCC(COCC)OC(COCC)COCC. The van der Waals surface area contributed by atoms with Crippen molar-refractivity contribution >= 4 is 0 Å². The summed E-state index contributed by atoms with van der Waals surface area (Å²) < 4.78 is 27.6. The predicted molar refractivity (Wildman–Crippen MR) is 74.6 cm³/mol. The van der Waals surface area contributed by atoms with Gasteiger partial charge in [-0.05, 0) is 27.7 Å². The minimum absolute atomic E-state index is 0.0780. The zero-order chi connectivity index (χ0) is 14.3. The van der Waals surface area contributed by atoms with Gasteiger partial charge in [0.15, 0.2) is 0 Å². The first-order valence-electron chi connectivity index (χ1n) is 7.24. The molecule has 0 rings (SSSR count). The molecule has 0 aromatic rings. The second-order valence-corrected chi connectivity index (χ2v) is 4.02. The molecule has 0 bridgehead atoms. The summed E-state index contributed by atoms with van der Waals surface area (Å²) in [6.45, 7) is 12.7. The van der Waals surface area contributed by atoms with E-state index in [4.69, 9.17) is 23.7 Å². The van der Waals surface area contributed by atoms with Gasteiger partial charge in [0.05, 0.1) is 26.4 Å². The Hall–Kier alpha value is -0.200. The molecule has 5 heteroatoms. The highest BCUT2D eigenvalue weighted by Gasteiger charge is 2.17. The summed E-state index contributed by atoms with van der Waals surface area (Å²) >= 11 is 0. The highest BCUT2D eigenvalue weighted by Crippen LogP contribution is 2.04. The topological polar surface area (TPSA) is 46.2 Å². The second kappa shape index (κ2) is 14.2. The summed E-state index contributed by atoms with van der Waals surface area (Å²) in [5, 5.41) is 0. The maximum atomic E-state index is 5.96. The number of hydrogen-bond acceptors (Lipinski definition) is 5. The van der Waals surface area contributed by atoms with Crippen molar-refractivity contribution in [2.24, 2.45) is 0 Å². The molecule has 0 N–H and O–H groups in total. The van der Waals surface area contributed by atoms with Crippen molar-refractivity contribution in [3.05, 3.63) is 0 Å². The largest absolute Gasteiger partial charge is 0.379 e. The normalized spacial score (nSPS) is 11.7. The van der Waals surface area contributed by atoms with Gasteiger partial charge in [-0.15, -0.1) is 0 Å². The van der Waals surface area contributed by atoms with E-state index in [1.54, 1.807) is 0 Å². The lowest BCUT2D eigenvalue weighted by Gasteiger charge is -2.24. The molecular formula is C14H30O5. The van der Waals surface area contributed by atoms with Crippen LogP contribution in [0.4, 0.5) is 0 Å². The average Bonchev–Trinajstić information content (AvgIpc) is 2.44. The molecule has 0 atom stereocenters. The summed E-state index contributed by atoms with van der Waals surface area (Å²) in [6, 6.07) is 0. The fourth-order valence-corrected chi connectivity index (χ4v) is 1.52. The number of ether oxygens (including phenoxy) is 5. The summed E-state index contributed by atoms with van der Waals surface area (Å²) in [5.41, 5.74) is 0. The van der Waals surface area contributed by atoms with Gasteiger partial charge in [0.2, 0.25) is 0 Å². The standard InChI is InChI=1S/C14H30O5/c1-5-15-9-13(10-16-6-2)19-14(11-17-7-3)12-18-8-4/h13-14H,5-12H2,1-4H3. The van der Waals surface area contributed by atoms with Crippen LogP contribution in [0.1, 0.15) is 27.7 Å². The highest BCUT2D eigenvalue weighted by atomic mass is 16.6. The van der Waals surface area contributed by atoms with E-state index in [2.05, 4.69) is 0 Å². The van der Waals surface area contributed by atoms with E-state index >= 15 is 0 Å². The Balaban J connectivity index is 4.16. The van der Waals surface area contributed by atoms with Crippen molar-refractivity contribution in [1.82, 2.24) is 0 Å². The third kappa shape index (κ3) is 11.3. The van der Waals surface area contributed by atoms with Crippen molar-refractivity contribution in [3.63, 3.8) is 0 Å². The fraction of sp³-hybridized carbons (Fsp3) is 1.00. The van der Waals surface area contributed by atoms with Crippen LogP contribution in [0.25, 0.3) is 0 Å². The number of rotatable bonds is 14. The molecule has 0 aromatic carbocycles. The molecule has 0 saturated heterocycles. The fourth-order valence-electron chi connectivity index (χ4n) is 1.52. The Morgan fingerprint density at radius 1 is 0.526 bits per heavy atom. The van der Waals surface area contributed by atoms with Crippen LogP contribution in [0.15, 0.2) is 0 Å². The van der Waals surface area contributed by atoms with Gasteiger partial charge in [-0.25, -0.2) is 0 Å². The summed E-state index contributed by atoms with van der Waals surface area (Å²) in [4.78, 5) is 0. The van der Waals surface area contributed by atoms with Gasteiger partial charge in [0.25, 0.3) is 0 Å². The van der Waals surface area contributed by atoms with Crippen LogP contribution >= 0.6 is 0 Å². The van der Waals surface area contributed by atoms with Crippen LogP contribution in [-0.4, -0.2) is 65.1 Å². The van der Waals surface area contributed by atoms with Gasteiger partial charge in [-0.2, -0.15) is 0 Å². The van der Waals surface area contributed by atoms with E-state index < -0.39 is 0 Å². The maximum absolute atomic E-state index is 5.96. The summed E-state index contributed by atoms with van der Waals surface area (Å²) in [7, 11) is 0. The van der Waals surface area contributed by atoms with Crippen LogP contribution in [-0.2, 0) is 23.7 Å². The Morgan fingerprint density at radius 3 is 1.00 bits per heavy atom. The predicted octanol–water partition coefficient (Wildman–Crippen LogP) is 1.89. The lowest BCUT2D eigenvalue weighted by Crippen LogP contribution is -2.35.